The molecule has 2 heterocycles. The van der Waals surface area contributed by atoms with E-state index in [4.69, 9.17) is 0 Å². The average molecular weight is 267 g/mol. The van der Waals surface area contributed by atoms with Gasteiger partial charge in [-0.25, -0.2) is 4.79 Å². The molecule has 1 fully saturated rings. The van der Waals surface area contributed by atoms with Gasteiger partial charge in [0, 0.05) is 19.8 Å². The van der Waals surface area contributed by atoms with Crippen LogP contribution in [-0.4, -0.2) is 52.1 Å². The molecule has 1 aromatic heterocycles. The van der Waals surface area contributed by atoms with E-state index in [0.717, 1.165) is 32.5 Å². The number of rotatable bonds is 4. The van der Waals surface area contributed by atoms with Crippen LogP contribution in [0.25, 0.3) is 0 Å². The number of nitrogens with zero attached hydrogens (tertiary/aromatic N) is 3. The number of methoxy groups -OCH3 is 1. The Morgan fingerprint density at radius 3 is 2.79 bits per heavy atom. The molecular formula is C13H21N3O3. The van der Waals surface area contributed by atoms with E-state index in [1.165, 1.54) is 12.8 Å². The Balaban J connectivity index is 1.82. The van der Waals surface area contributed by atoms with Crippen LogP contribution in [0.3, 0.4) is 0 Å². The van der Waals surface area contributed by atoms with Crippen LogP contribution >= 0.6 is 0 Å². The van der Waals surface area contributed by atoms with E-state index in [9.17, 15) is 9.90 Å². The molecule has 1 unspecified atom stereocenters. The smallest absolute Gasteiger partial charge is 0.334 e. The highest BCUT2D eigenvalue weighted by Crippen LogP contribution is 2.22. The molecule has 19 heavy (non-hydrogen) atoms. The van der Waals surface area contributed by atoms with Crippen LogP contribution in [0.4, 0.5) is 0 Å². The molecule has 0 radical (unpaired) electrons. The number of ether oxygens (including phenoxy) is 1. The minimum atomic E-state index is -0.983. The van der Waals surface area contributed by atoms with Crippen molar-refractivity contribution in [3.8, 4) is 0 Å². The fourth-order valence-corrected chi connectivity index (χ4v) is 2.53. The molecule has 1 saturated heterocycles. The summed E-state index contributed by atoms with van der Waals surface area (Å²) in [6, 6.07) is 2.01. The highest BCUT2D eigenvalue weighted by Gasteiger charge is 2.30. The number of aryl methyl sites for hydroxylation is 1. The first kappa shape index (κ1) is 14.0. The summed E-state index contributed by atoms with van der Waals surface area (Å²) in [6.45, 7) is 2.62. The first-order chi connectivity index (χ1) is 9.11. The second kappa shape index (κ2) is 6.16. The van der Waals surface area contributed by atoms with E-state index in [1.54, 1.807) is 6.20 Å². The zero-order chi connectivity index (χ0) is 13.8. The van der Waals surface area contributed by atoms with Crippen molar-refractivity contribution in [1.29, 1.82) is 0 Å². The van der Waals surface area contributed by atoms with Crippen molar-refractivity contribution < 1.29 is 14.6 Å². The Hall–Kier alpha value is -1.40. The quantitative estimate of drug-likeness (QED) is 0.787. The second-order valence-electron chi connectivity index (χ2n) is 5.03. The molecular weight excluding hydrogens is 246 g/mol. The Morgan fingerprint density at radius 1 is 1.58 bits per heavy atom. The third kappa shape index (κ3) is 3.33. The van der Waals surface area contributed by atoms with Crippen LogP contribution < -0.4 is 0 Å². The SMILES string of the molecule is COC(=O)C(O)C1CCN(Cc2ccnn2C)CC1. The lowest BCUT2D eigenvalue weighted by molar-refractivity contribution is -0.154. The maximum Gasteiger partial charge on any atom is 0.334 e. The van der Waals surface area contributed by atoms with Gasteiger partial charge in [-0.1, -0.05) is 0 Å². The number of hydrogen-bond acceptors (Lipinski definition) is 5. The van der Waals surface area contributed by atoms with Gasteiger partial charge in [-0.05, 0) is 37.9 Å². The number of likely N-dealkylation sites (tertiary alicyclic amines) is 1. The van der Waals surface area contributed by atoms with E-state index >= 15 is 0 Å². The number of piperidine rings is 1. The van der Waals surface area contributed by atoms with E-state index in [1.807, 2.05) is 17.8 Å². The van der Waals surface area contributed by atoms with E-state index in [0.29, 0.717) is 0 Å². The van der Waals surface area contributed by atoms with Gasteiger partial charge in [0.2, 0.25) is 0 Å². The number of aliphatic hydroxyl groups excluding tert-OH is 1. The van der Waals surface area contributed by atoms with Gasteiger partial charge in [0.15, 0.2) is 6.10 Å². The van der Waals surface area contributed by atoms with Crippen LogP contribution in [0.1, 0.15) is 18.5 Å². The van der Waals surface area contributed by atoms with Gasteiger partial charge in [0.05, 0.1) is 12.8 Å². The number of hydrogen-bond donors (Lipinski definition) is 1. The molecule has 1 aliphatic heterocycles. The highest BCUT2D eigenvalue weighted by molar-refractivity contribution is 5.74. The molecule has 1 N–H and O–H groups in total. The number of esters is 1. The summed E-state index contributed by atoms with van der Waals surface area (Å²) in [5.41, 5.74) is 1.17. The van der Waals surface area contributed by atoms with Crippen LogP contribution in [0.15, 0.2) is 12.3 Å². The fraction of sp³-hybridized carbons (Fsp3) is 0.692. The van der Waals surface area contributed by atoms with Crippen LogP contribution in [0.2, 0.25) is 0 Å². The molecule has 6 nitrogen and oxygen atoms in total. The van der Waals surface area contributed by atoms with Gasteiger partial charge in [-0.15, -0.1) is 0 Å². The van der Waals surface area contributed by atoms with Crippen molar-refractivity contribution in [2.24, 2.45) is 13.0 Å². The molecule has 1 atom stereocenters. The lowest BCUT2D eigenvalue weighted by Gasteiger charge is -2.33. The van der Waals surface area contributed by atoms with Crippen LogP contribution in [-0.2, 0) is 23.1 Å². The van der Waals surface area contributed by atoms with Crippen molar-refractivity contribution in [2.75, 3.05) is 20.2 Å². The molecule has 106 valence electrons. The minimum absolute atomic E-state index is 0.00948. The Labute approximate surface area is 113 Å². The molecule has 0 amide bonds. The largest absolute Gasteiger partial charge is 0.467 e. The van der Waals surface area contributed by atoms with Gasteiger partial charge < -0.3 is 9.84 Å². The first-order valence-corrected chi connectivity index (χ1v) is 6.57. The molecule has 0 aromatic carbocycles. The standard InChI is InChI=1S/C13H21N3O3/c1-15-11(3-6-14-15)9-16-7-4-10(5-8-16)12(17)13(18)19-2/h3,6,10,12,17H,4-5,7-9H2,1-2H3. The Morgan fingerprint density at radius 2 is 2.26 bits per heavy atom. The number of carbonyl (C=O) groups is 1. The summed E-state index contributed by atoms with van der Waals surface area (Å²) < 4.78 is 6.45. The first-order valence-electron chi connectivity index (χ1n) is 6.57. The number of aromatic nitrogens is 2. The van der Waals surface area contributed by atoms with Crippen molar-refractivity contribution in [2.45, 2.75) is 25.5 Å². The topological polar surface area (TPSA) is 67.6 Å². The van der Waals surface area contributed by atoms with E-state index < -0.39 is 12.1 Å². The van der Waals surface area contributed by atoms with Gasteiger partial charge >= 0.3 is 5.97 Å². The van der Waals surface area contributed by atoms with Crippen molar-refractivity contribution >= 4 is 5.97 Å². The highest BCUT2D eigenvalue weighted by atomic mass is 16.5. The maximum absolute atomic E-state index is 11.3. The average Bonchev–Trinajstić information content (AvgIpc) is 2.83. The lowest BCUT2D eigenvalue weighted by atomic mass is 9.91. The summed E-state index contributed by atoms with van der Waals surface area (Å²) in [6.07, 6.45) is 2.44. The van der Waals surface area contributed by atoms with E-state index in [2.05, 4.69) is 14.7 Å². The predicted octanol–water partition coefficient (Wildman–Crippen LogP) is 0.166. The molecule has 2 rings (SSSR count). The lowest BCUT2D eigenvalue weighted by Crippen LogP contribution is -2.40. The molecule has 1 aromatic rings. The molecule has 1 aliphatic rings. The monoisotopic (exact) mass is 267 g/mol. The zero-order valence-electron chi connectivity index (χ0n) is 11.5. The summed E-state index contributed by atoms with van der Waals surface area (Å²) in [7, 11) is 3.24. The van der Waals surface area contributed by atoms with Gasteiger partial charge in [-0.3, -0.25) is 9.58 Å². The van der Waals surface area contributed by atoms with Crippen molar-refractivity contribution in [1.82, 2.24) is 14.7 Å². The number of carbonyl (C=O) groups excluding carboxylic acids is 1. The molecule has 0 spiro atoms. The van der Waals surface area contributed by atoms with Gasteiger partial charge in [0.1, 0.15) is 0 Å². The minimum Gasteiger partial charge on any atom is -0.467 e. The molecule has 0 bridgehead atoms. The zero-order valence-corrected chi connectivity index (χ0v) is 11.5. The van der Waals surface area contributed by atoms with Gasteiger partial charge in [-0.2, -0.15) is 5.10 Å². The van der Waals surface area contributed by atoms with E-state index in [-0.39, 0.29) is 5.92 Å². The Kier molecular flexibility index (Phi) is 4.55. The third-order valence-electron chi connectivity index (χ3n) is 3.83. The van der Waals surface area contributed by atoms with Crippen LogP contribution in [0.5, 0.6) is 0 Å². The third-order valence-corrected chi connectivity index (χ3v) is 3.83. The predicted molar refractivity (Wildman–Crippen MR) is 69.2 cm³/mol. The number of aliphatic hydroxyl groups is 1. The maximum atomic E-state index is 11.3. The summed E-state index contributed by atoms with van der Waals surface area (Å²) in [5.74, 6) is -0.514. The summed E-state index contributed by atoms with van der Waals surface area (Å²) in [5, 5.41) is 14.0. The summed E-state index contributed by atoms with van der Waals surface area (Å²) >= 11 is 0. The summed E-state index contributed by atoms with van der Waals surface area (Å²) in [4.78, 5) is 13.6. The Bertz CT molecular complexity index is 425. The fourth-order valence-electron chi connectivity index (χ4n) is 2.53. The molecule has 0 aliphatic carbocycles. The normalized spacial score (nSPS) is 19.3. The molecule has 0 saturated carbocycles. The van der Waals surface area contributed by atoms with Crippen molar-refractivity contribution in [3.63, 3.8) is 0 Å². The second-order valence-corrected chi connectivity index (χ2v) is 5.03. The van der Waals surface area contributed by atoms with Crippen LogP contribution in [0, 0.1) is 5.92 Å². The molecule has 6 heteroatoms. The van der Waals surface area contributed by atoms with Gasteiger partial charge in [0.25, 0.3) is 0 Å². The van der Waals surface area contributed by atoms with Crippen molar-refractivity contribution in [3.05, 3.63) is 18.0 Å².